The number of aromatic nitrogens is 4. The predicted molar refractivity (Wildman–Crippen MR) is 72.0 cm³/mol. The SMILES string of the molecule is C[n+]1nc(CCCCc2n[n+](C)c(N)s2)sc1N. The lowest BCUT2D eigenvalue weighted by Gasteiger charge is -1.93. The van der Waals surface area contributed by atoms with E-state index in [2.05, 4.69) is 10.2 Å². The molecule has 0 atom stereocenters. The van der Waals surface area contributed by atoms with Crippen molar-refractivity contribution in [1.82, 2.24) is 10.2 Å². The fourth-order valence-corrected chi connectivity index (χ4v) is 3.25. The first kappa shape index (κ1) is 13.2. The average molecular weight is 286 g/mol. The summed E-state index contributed by atoms with van der Waals surface area (Å²) >= 11 is 3.12. The van der Waals surface area contributed by atoms with Gasteiger partial charge in [0, 0.05) is 12.8 Å². The van der Waals surface area contributed by atoms with Crippen molar-refractivity contribution < 1.29 is 9.36 Å². The molecule has 18 heavy (non-hydrogen) atoms. The zero-order chi connectivity index (χ0) is 13.1. The molecule has 0 bridgehead atoms. The number of hydrogen-bond donors (Lipinski definition) is 2. The van der Waals surface area contributed by atoms with Crippen molar-refractivity contribution >= 4 is 32.9 Å². The fourth-order valence-electron chi connectivity index (χ4n) is 1.60. The minimum absolute atomic E-state index is 0.754. The van der Waals surface area contributed by atoms with Crippen molar-refractivity contribution in [2.24, 2.45) is 14.1 Å². The highest BCUT2D eigenvalue weighted by molar-refractivity contribution is 7.14. The summed E-state index contributed by atoms with van der Waals surface area (Å²) in [6, 6.07) is 0. The molecule has 0 aliphatic rings. The van der Waals surface area contributed by atoms with Gasteiger partial charge in [-0.05, 0) is 35.5 Å². The Labute approximate surface area is 114 Å². The van der Waals surface area contributed by atoms with Gasteiger partial charge < -0.3 is 0 Å². The molecule has 0 spiro atoms. The summed E-state index contributed by atoms with van der Waals surface area (Å²) in [7, 11) is 3.74. The van der Waals surface area contributed by atoms with E-state index in [1.54, 1.807) is 32.0 Å². The van der Waals surface area contributed by atoms with Crippen LogP contribution in [0.2, 0.25) is 0 Å². The number of rotatable bonds is 5. The quantitative estimate of drug-likeness (QED) is 0.597. The van der Waals surface area contributed by atoms with E-state index in [9.17, 15) is 0 Å². The van der Waals surface area contributed by atoms with Gasteiger partial charge in [0.2, 0.25) is 0 Å². The Kier molecular flexibility index (Phi) is 4.07. The number of unbranched alkanes of at least 4 members (excludes halogenated alkanes) is 1. The van der Waals surface area contributed by atoms with Crippen LogP contribution >= 0.6 is 22.7 Å². The van der Waals surface area contributed by atoms with Crippen LogP contribution in [0.5, 0.6) is 0 Å². The topological polar surface area (TPSA) is 85.6 Å². The molecule has 0 fully saturated rings. The molecule has 0 aliphatic carbocycles. The maximum absolute atomic E-state index is 5.75. The molecule has 0 aliphatic heterocycles. The molecule has 0 aromatic carbocycles. The number of nitrogens with two attached hydrogens (primary N) is 2. The second-order valence-corrected chi connectivity index (χ2v) is 6.31. The molecule has 2 aromatic rings. The van der Waals surface area contributed by atoms with Crippen LogP contribution in [0.15, 0.2) is 0 Å². The van der Waals surface area contributed by atoms with Crippen molar-refractivity contribution in [1.29, 1.82) is 0 Å². The molecule has 98 valence electrons. The Morgan fingerprint density at radius 3 is 1.56 bits per heavy atom. The van der Waals surface area contributed by atoms with Crippen molar-refractivity contribution in [2.75, 3.05) is 11.5 Å². The summed E-state index contributed by atoms with van der Waals surface area (Å²) in [6.07, 6.45) is 4.14. The standard InChI is InChI=1S/C10H16N6S2/c1-15-9(11)17-7(13-15)5-3-4-6-8-14-16(2)10(12)18-8/h11-12H,3-6H2,1-2H3/p+2. The molecule has 0 radical (unpaired) electrons. The van der Waals surface area contributed by atoms with Gasteiger partial charge in [-0.3, -0.25) is 11.5 Å². The molecule has 0 saturated carbocycles. The highest BCUT2D eigenvalue weighted by atomic mass is 32.1. The Hall–Kier alpha value is -1.28. The van der Waals surface area contributed by atoms with Crippen LogP contribution in [-0.4, -0.2) is 10.2 Å². The van der Waals surface area contributed by atoms with Crippen molar-refractivity contribution in [2.45, 2.75) is 25.7 Å². The molecular weight excluding hydrogens is 268 g/mol. The Bertz CT molecular complexity index is 445. The third-order valence-corrected chi connectivity index (χ3v) is 4.63. The maximum Gasteiger partial charge on any atom is 0.353 e. The van der Waals surface area contributed by atoms with E-state index in [0.717, 1.165) is 46.0 Å². The molecule has 0 unspecified atom stereocenters. The lowest BCUT2D eigenvalue weighted by molar-refractivity contribution is -0.712. The van der Waals surface area contributed by atoms with Crippen LogP contribution < -0.4 is 20.8 Å². The zero-order valence-corrected chi connectivity index (χ0v) is 12.2. The minimum atomic E-state index is 0.754. The van der Waals surface area contributed by atoms with Gasteiger partial charge in [-0.15, -0.1) is 9.36 Å². The Morgan fingerprint density at radius 2 is 1.28 bits per heavy atom. The van der Waals surface area contributed by atoms with Crippen molar-refractivity contribution in [3.63, 3.8) is 0 Å². The first-order chi connectivity index (χ1) is 8.56. The minimum Gasteiger partial charge on any atom is -0.276 e. The van der Waals surface area contributed by atoms with E-state index in [4.69, 9.17) is 11.5 Å². The van der Waals surface area contributed by atoms with Gasteiger partial charge in [-0.2, -0.15) is 0 Å². The van der Waals surface area contributed by atoms with Crippen LogP contribution in [0.1, 0.15) is 22.9 Å². The van der Waals surface area contributed by atoms with Gasteiger partial charge in [0.05, 0.1) is 0 Å². The summed E-state index contributed by atoms with van der Waals surface area (Å²) in [5.41, 5.74) is 11.5. The molecule has 0 amide bonds. The number of nitrogens with zero attached hydrogens (tertiary/aromatic N) is 4. The van der Waals surface area contributed by atoms with Gasteiger partial charge in [0.15, 0.2) is 0 Å². The molecule has 4 N–H and O–H groups in total. The molecule has 2 rings (SSSR count). The van der Waals surface area contributed by atoms with Gasteiger partial charge in [0.25, 0.3) is 0 Å². The second kappa shape index (κ2) is 5.57. The lowest BCUT2D eigenvalue weighted by atomic mass is 10.2. The third-order valence-electron chi connectivity index (χ3n) is 2.64. The predicted octanol–water partition coefficient (Wildman–Crippen LogP) is -0.0216. The summed E-state index contributed by atoms with van der Waals surface area (Å²) in [4.78, 5) is 0. The lowest BCUT2D eigenvalue weighted by Crippen LogP contribution is -2.32. The molecule has 6 nitrogen and oxygen atoms in total. The van der Waals surface area contributed by atoms with Gasteiger partial charge in [-0.25, -0.2) is 0 Å². The van der Waals surface area contributed by atoms with E-state index in [1.807, 2.05) is 14.1 Å². The summed E-state index contributed by atoms with van der Waals surface area (Å²) < 4.78 is 3.45. The largest absolute Gasteiger partial charge is 0.353 e. The van der Waals surface area contributed by atoms with E-state index < -0.39 is 0 Å². The van der Waals surface area contributed by atoms with Crippen LogP contribution in [0.4, 0.5) is 10.3 Å². The Balaban J connectivity index is 1.76. The van der Waals surface area contributed by atoms with Crippen LogP contribution in [0.3, 0.4) is 0 Å². The molecule has 2 heterocycles. The zero-order valence-electron chi connectivity index (χ0n) is 10.6. The first-order valence-corrected chi connectivity index (χ1v) is 7.42. The maximum atomic E-state index is 5.75. The smallest absolute Gasteiger partial charge is 0.276 e. The summed E-state index contributed by atoms with van der Waals surface area (Å²) in [5, 5.41) is 12.4. The van der Waals surface area contributed by atoms with Crippen LogP contribution in [0.25, 0.3) is 0 Å². The average Bonchev–Trinajstić information content (AvgIpc) is 2.79. The van der Waals surface area contributed by atoms with Gasteiger partial charge >= 0.3 is 10.3 Å². The summed E-state index contributed by atoms with van der Waals surface area (Å²) in [6.45, 7) is 0. The Morgan fingerprint density at radius 1 is 0.889 bits per heavy atom. The fraction of sp³-hybridized carbons (Fsp3) is 0.600. The third kappa shape index (κ3) is 3.14. The summed E-state index contributed by atoms with van der Waals surface area (Å²) in [5.74, 6) is 0. The van der Waals surface area contributed by atoms with E-state index in [0.29, 0.717) is 0 Å². The number of nitrogen functional groups attached to an aromatic ring is 2. The van der Waals surface area contributed by atoms with Crippen LogP contribution in [0, 0.1) is 0 Å². The molecule has 8 heteroatoms. The number of hydrogen-bond acceptors (Lipinski definition) is 6. The highest BCUT2D eigenvalue weighted by Gasteiger charge is 2.11. The van der Waals surface area contributed by atoms with Crippen LogP contribution in [-0.2, 0) is 26.9 Å². The van der Waals surface area contributed by atoms with Crippen molar-refractivity contribution in [3.05, 3.63) is 10.0 Å². The van der Waals surface area contributed by atoms with Gasteiger partial charge in [0.1, 0.15) is 24.1 Å². The molecular formula is C10H18N6S2+2. The second-order valence-electron chi connectivity index (χ2n) is 4.12. The van der Waals surface area contributed by atoms with Gasteiger partial charge in [-0.1, -0.05) is 10.2 Å². The number of aryl methyl sites for hydroxylation is 4. The van der Waals surface area contributed by atoms with E-state index in [1.165, 1.54) is 0 Å². The van der Waals surface area contributed by atoms with E-state index >= 15 is 0 Å². The number of anilines is 2. The molecule has 2 aromatic heterocycles. The highest BCUT2D eigenvalue weighted by Crippen LogP contribution is 2.15. The normalized spacial score (nSPS) is 11.0. The van der Waals surface area contributed by atoms with Crippen molar-refractivity contribution in [3.8, 4) is 0 Å². The van der Waals surface area contributed by atoms with E-state index in [-0.39, 0.29) is 0 Å². The monoisotopic (exact) mass is 286 g/mol. The first-order valence-electron chi connectivity index (χ1n) is 5.79. The molecule has 0 saturated heterocycles.